The Labute approximate surface area is 152 Å². The summed E-state index contributed by atoms with van der Waals surface area (Å²) < 4.78 is 5.22. The minimum absolute atomic E-state index is 0.120. The average Bonchev–Trinajstić information content (AvgIpc) is 2.71. The number of hydrogen-bond acceptors (Lipinski definition) is 3. The van der Waals surface area contributed by atoms with E-state index in [0.29, 0.717) is 11.1 Å². The van der Waals surface area contributed by atoms with Gasteiger partial charge >= 0.3 is 0 Å². The van der Waals surface area contributed by atoms with Crippen molar-refractivity contribution in [2.45, 2.75) is 12.1 Å². The number of anilines is 1. The lowest BCUT2D eigenvalue weighted by Gasteiger charge is -2.40. The monoisotopic (exact) mass is 345 g/mol. The van der Waals surface area contributed by atoms with Crippen LogP contribution in [0.4, 0.5) is 5.69 Å². The van der Waals surface area contributed by atoms with Crippen LogP contribution in [0.2, 0.25) is 0 Å². The zero-order chi connectivity index (χ0) is 18.1. The molecule has 0 fully saturated rings. The van der Waals surface area contributed by atoms with Gasteiger partial charge in [0.25, 0.3) is 5.91 Å². The molecule has 1 heterocycles. The van der Waals surface area contributed by atoms with Gasteiger partial charge in [0.15, 0.2) is 0 Å². The quantitative estimate of drug-likeness (QED) is 0.776. The third-order valence-electron chi connectivity index (χ3n) is 4.80. The minimum atomic E-state index is -0.812. The van der Waals surface area contributed by atoms with Crippen LogP contribution in [-0.4, -0.2) is 18.1 Å². The standard InChI is InChI=1S/C22H19NO3/c1-26-17-13-11-16(12-14-17)23-20(15-7-3-2-4-8-15)21(24)18-9-5-6-10-19(18)22(23)25/h2-14,20-21,24H,1H3. The van der Waals surface area contributed by atoms with Crippen LogP contribution in [0.3, 0.4) is 0 Å². The molecule has 130 valence electrons. The molecule has 2 atom stereocenters. The number of nitrogens with zero attached hydrogens (tertiary/aromatic N) is 1. The number of amides is 1. The summed E-state index contributed by atoms with van der Waals surface area (Å²) in [4.78, 5) is 15.0. The first-order valence-electron chi connectivity index (χ1n) is 8.50. The number of aliphatic hydroxyl groups is 1. The second-order valence-electron chi connectivity index (χ2n) is 6.26. The van der Waals surface area contributed by atoms with Gasteiger partial charge in [0.05, 0.1) is 13.2 Å². The van der Waals surface area contributed by atoms with Crippen molar-refractivity contribution < 1.29 is 14.6 Å². The summed E-state index contributed by atoms with van der Waals surface area (Å²) in [5.41, 5.74) is 2.80. The highest BCUT2D eigenvalue weighted by Crippen LogP contribution is 2.43. The van der Waals surface area contributed by atoms with Crippen LogP contribution in [0.5, 0.6) is 5.75 Å². The Morgan fingerprint density at radius 2 is 1.54 bits per heavy atom. The molecule has 0 bridgehead atoms. The summed E-state index contributed by atoms with van der Waals surface area (Å²) in [5, 5.41) is 11.1. The molecule has 0 aromatic heterocycles. The van der Waals surface area contributed by atoms with Gasteiger partial charge in [-0.1, -0.05) is 48.5 Å². The fourth-order valence-electron chi connectivity index (χ4n) is 3.52. The molecule has 0 saturated carbocycles. The lowest BCUT2D eigenvalue weighted by atomic mass is 9.86. The predicted octanol–water partition coefficient (Wildman–Crippen LogP) is 4.13. The van der Waals surface area contributed by atoms with Crippen molar-refractivity contribution in [3.63, 3.8) is 0 Å². The van der Waals surface area contributed by atoms with E-state index in [1.165, 1.54) is 0 Å². The smallest absolute Gasteiger partial charge is 0.259 e. The molecule has 3 aromatic carbocycles. The van der Waals surface area contributed by atoms with E-state index >= 15 is 0 Å². The number of rotatable bonds is 3. The van der Waals surface area contributed by atoms with E-state index in [9.17, 15) is 9.90 Å². The molecule has 2 unspecified atom stereocenters. The van der Waals surface area contributed by atoms with Crippen molar-refractivity contribution in [2.75, 3.05) is 12.0 Å². The molecule has 3 aromatic rings. The number of carbonyl (C=O) groups is 1. The van der Waals surface area contributed by atoms with Crippen molar-refractivity contribution in [1.29, 1.82) is 0 Å². The molecule has 0 radical (unpaired) electrons. The highest BCUT2D eigenvalue weighted by atomic mass is 16.5. The Balaban J connectivity index is 1.88. The first kappa shape index (κ1) is 16.4. The summed E-state index contributed by atoms with van der Waals surface area (Å²) in [6.07, 6.45) is -0.812. The maximum absolute atomic E-state index is 13.3. The molecule has 0 aliphatic carbocycles. The van der Waals surface area contributed by atoms with Crippen molar-refractivity contribution in [1.82, 2.24) is 0 Å². The molecular weight excluding hydrogens is 326 g/mol. The molecule has 4 rings (SSSR count). The molecule has 4 nitrogen and oxygen atoms in total. The molecule has 0 saturated heterocycles. The van der Waals surface area contributed by atoms with Gasteiger partial charge in [-0.15, -0.1) is 0 Å². The Kier molecular flexibility index (Phi) is 4.19. The van der Waals surface area contributed by atoms with E-state index in [1.807, 2.05) is 72.8 Å². The zero-order valence-corrected chi connectivity index (χ0v) is 14.4. The molecule has 4 heteroatoms. The number of aliphatic hydroxyl groups excluding tert-OH is 1. The molecule has 1 amide bonds. The second-order valence-corrected chi connectivity index (χ2v) is 6.26. The van der Waals surface area contributed by atoms with Crippen molar-refractivity contribution in [3.05, 3.63) is 95.6 Å². The van der Waals surface area contributed by atoms with Gasteiger partial charge in [0, 0.05) is 11.3 Å². The van der Waals surface area contributed by atoms with Crippen LogP contribution < -0.4 is 9.64 Å². The van der Waals surface area contributed by atoms with Crippen LogP contribution in [-0.2, 0) is 0 Å². The molecule has 1 N–H and O–H groups in total. The highest BCUT2D eigenvalue weighted by molar-refractivity contribution is 6.09. The van der Waals surface area contributed by atoms with E-state index < -0.39 is 12.1 Å². The van der Waals surface area contributed by atoms with Crippen LogP contribution in [0.15, 0.2) is 78.9 Å². The highest BCUT2D eigenvalue weighted by Gasteiger charge is 2.40. The van der Waals surface area contributed by atoms with Crippen molar-refractivity contribution in [3.8, 4) is 5.75 Å². The Morgan fingerprint density at radius 1 is 0.885 bits per heavy atom. The Hall–Kier alpha value is -3.11. The van der Waals surface area contributed by atoms with Gasteiger partial charge < -0.3 is 9.84 Å². The summed E-state index contributed by atoms with van der Waals surface area (Å²) in [6.45, 7) is 0. The van der Waals surface area contributed by atoms with E-state index in [0.717, 1.165) is 17.0 Å². The van der Waals surface area contributed by atoms with Gasteiger partial charge in [-0.25, -0.2) is 0 Å². The van der Waals surface area contributed by atoms with Gasteiger partial charge in [0.2, 0.25) is 0 Å². The first-order chi connectivity index (χ1) is 12.7. The third-order valence-corrected chi connectivity index (χ3v) is 4.80. The summed E-state index contributed by atoms with van der Waals surface area (Å²) >= 11 is 0. The number of methoxy groups -OCH3 is 1. The van der Waals surface area contributed by atoms with Gasteiger partial charge in [0.1, 0.15) is 11.9 Å². The van der Waals surface area contributed by atoms with Gasteiger partial charge in [-0.3, -0.25) is 9.69 Å². The number of ether oxygens (including phenoxy) is 1. The minimum Gasteiger partial charge on any atom is -0.497 e. The largest absolute Gasteiger partial charge is 0.497 e. The van der Waals surface area contributed by atoms with E-state index in [2.05, 4.69) is 0 Å². The Bertz CT molecular complexity index is 922. The maximum Gasteiger partial charge on any atom is 0.259 e. The number of hydrogen-bond donors (Lipinski definition) is 1. The molecule has 1 aliphatic heterocycles. The Morgan fingerprint density at radius 3 is 2.23 bits per heavy atom. The fraction of sp³-hybridized carbons (Fsp3) is 0.136. The van der Waals surface area contributed by atoms with E-state index in [-0.39, 0.29) is 5.91 Å². The normalized spacial score (nSPS) is 19.2. The van der Waals surface area contributed by atoms with Gasteiger partial charge in [-0.05, 0) is 41.5 Å². The molecular formula is C22H19NO3. The molecule has 0 spiro atoms. The third kappa shape index (κ3) is 2.65. The molecule has 26 heavy (non-hydrogen) atoms. The van der Waals surface area contributed by atoms with Crippen LogP contribution in [0, 0.1) is 0 Å². The average molecular weight is 345 g/mol. The predicted molar refractivity (Wildman–Crippen MR) is 100 cm³/mol. The van der Waals surface area contributed by atoms with Crippen molar-refractivity contribution >= 4 is 11.6 Å². The van der Waals surface area contributed by atoms with E-state index in [4.69, 9.17) is 4.74 Å². The SMILES string of the molecule is COc1ccc(N2C(=O)c3ccccc3C(O)C2c2ccccc2)cc1. The lowest BCUT2D eigenvalue weighted by molar-refractivity contribution is 0.0851. The van der Waals surface area contributed by atoms with Crippen LogP contribution >= 0.6 is 0 Å². The second kappa shape index (κ2) is 6.65. The number of benzene rings is 3. The van der Waals surface area contributed by atoms with Crippen molar-refractivity contribution in [2.24, 2.45) is 0 Å². The first-order valence-corrected chi connectivity index (χ1v) is 8.50. The lowest BCUT2D eigenvalue weighted by Crippen LogP contribution is -2.43. The number of carbonyl (C=O) groups excluding carboxylic acids is 1. The fourth-order valence-corrected chi connectivity index (χ4v) is 3.52. The van der Waals surface area contributed by atoms with Crippen LogP contribution in [0.25, 0.3) is 0 Å². The summed E-state index contributed by atoms with van der Waals surface area (Å²) in [6, 6.07) is 23.7. The van der Waals surface area contributed by atoms with Crippen LogP contribution in [0.1, 0.15) is 33.6 Å². The summed E-state index contributed by atoms with van der Waals surface area (Å²) in [7, 11) is 1.60. The topological polar surface area (TPSA) is 49.8 Å². The zero-order valence-electron chi connectivity index (χ0n) is 14.4. The molecule has 1 aliphatic rings. The van der Waals surface area contributed by atoms with Gasteiger partial charge in [-0.2, -0.15) is 0 Å². The summed E-state index contributed by atoms with van der Waals surface area (Å²) in [5.74, 6) is 0.598. The number of fused-ring (bicyclic) bond motifs is 1. The maximum atomic E-state index is 13.3. The van der Waals surface area contributed by atoms with E-state index in [1.54, 1.807) is 18.1 Å².